The molecule has 1 aromatic carbocycles. The molecule has 0 atom stereocenters. The molecule has 7 heteroatoms. The molecule has 0 N–H and O–H groups in total. The van der Waals surface area contributed by atoms with Crippen molar-refractivity contribution in [3.8, 4) is 11.5 Å². The Bertz CT molecular complexity index is 765. The zero-order valence-electron chi connectivity index (χ0n) is 14.6. The molecule has 2 rings (SSSR count). The van der Waals surface area contributed by atoms with Gasteiger partial charge in [0.25, 0.3) is 11.8 Å². The molecule has 0 aliphatic rings. The molecule has 0 fully saturated rings. The number of hydrogen-bond acceptors (Lipinski definition) is 6. The number of carbonyl (C=O) groups excluding carboxylic acids is 2. The molecule has 25 heavy (non-hydrogen) atoms. The first-order chi connectivity index (χ1) is 11.9. The van der Waals surface area contributed by atoms with E-state index in [1.165, 1.54) is 0 Å². The van der Waals surface area contributed by atoms with Crippen molar-refractivity contribution in [3.63, 3.8) is 0 Å². The lowest BCUT2D eigenvalue weighted by atomic mass is 10.1. The molecule has 0 aliphatic heterocycles. The molecule has 0 radical (unpaired) electrons. The first kappa shape index (κ1) is 18.4. The van der Waals surface area contributed by atoms with Crippen molar-refractivity contribution >= 4 is 11.9 Å². The fourth-order valence-electron chi connectivity index (χ4n) is 2.17. The predicted octanol–water partition coefficient (Wildman–Crippen LogP) is 2.63. The normalized spacial score (nSPS) is 10.4. The molecule has 7 nitrogen and oxygen atoms in total. The molecule has 1 heterocycles. The summed E-state index contributed by atoms with van der Waals surface area (Å²) in [6.45, 7) is 9.89. The molecule has 1 amide bonds. The van der Waals surface area contributed by atoms with Crippen molar-refractivity contribution in [2.45, 2.75) is 20.8 Å². The molecule has 132 valence electrons. The molecule has 0 spiro atoms. The Morgan fingerprint density at radius 3 is 2.48 bits per heavy atom. The monoisotopic (exact) mass is 343 g/mol. The second-order valence-corrected chi connectivity index (χ2v) is 5.67. The summed E-state index contributed by atoms with van der Waals surface area (Å²) in [6, 6.07) is 6.55. The van der Waals surface area contributed by atoms with Crippen LogP contribution in [-0.4, -0.2) is 46.6 Å². The van der Waals surface area contributed by atoms with Crippen LogP contribution in [0.15, 0.2) is 40.9 Å². The van der Waals surface area contributed by atoms with E-state index in [4.69, 9.17) is 9.26 Å². The topological polar surface area (TPSA) is 85.5 Å². The highest BCUT2D eigenvalue weighted by molar-refractivity contribution is 5.91. The quantitative estimate of drug-likeness (QED) is 0.567. The van der Waals surface area contributed by atoms with E-state index in [9.17, 15) is 9.59 Å². The molecule has 0 saturated heterocycles. The lowest BCUT2D eigenvalue weighted by Crippen LogP contribution is -2.35. The smallest absolute Gasteiger partial charge is 0.338 e. The van der Waals surface area contributed by atoms with E-state index in [1.807, 2.05) is 13.8 Å². The number of nitrogens with zero attached hydrogens (tertiary/aromatic N) is 3. The number of aromatic nitrogens is 2. The van der Waals surface area contributed by atoms with Crippen LogP contribution in [0.1, 0.15) is 30.0 Å². The number of esters is 1. The SMILES string of the molecule is C=C(C)CN(CC)C(=O)COC(=O)c1ccc(-c2nc(C)no2)cc1. The van der Waals surface area contributed by atoms with E-state index in [0.717, 1.165) is 5.57 Å². The van der Waals surface area contributed by atoms with Gasteiger partial charge in [0.1, 0.15) is 0 Å². The molecule has 0 unspecified atom stereocenters. The lowest BCUT2D eigenvalue weighted by Gasteiger charge is -2.20. The van der Waals surface area contributed by atoms with E-state index < -0.39 is 5.97 Å². The Morgan fingerprint density at radius 1 is 1.28 bits per heavy atom. The van der Waals surface area contributed by atoms with E-state index in [0.29, 0.717) is 35.9 Å². The molecular weight excluding hydrogens is 322 g/mol. The van der Waals surface area contributed by atoms with Gasteiger partial charge in [-0.1, -0.05) is 17.3 Å². The van der Waals surface area contributed by atoms with Crippen molar-refractivity contribution in [1.29, 1.82) is 0 Å². The zero-order chi connectivity index (χ0) is 18.4. The van der Waals surface area contributed by atoms with Crippen molar-refractivity contribution < 1.29 is 18.8 Å². The molecule has 0 bridgehead atoms. The third kappa shape index (κ3) is 5.00. The van der Waals surface area contributed by atoms with Crippen LogP contribution in [0, 0.1) is 6.92 Å². The van der Waals surface area contributed by atoms with Crippen LogP contribution in [0.4, 0.5) is 0 Å². The predicted molar refractivity (Wildman–Crippen MR) is 91.8 cm³/mol. The highest BCUT2D eigenvalue weighted by atomic mass is 16.5. The van der Waals surface area contributed by atoms with Gasteiger partial charge in [0, 0.05) is 18.7 Å². The number of aryl methyl sites for hydroxylation is 1. The zero-order valence-corrected chi connectivity index (χ0v) is 14.6. The molecule has 1 aromatic heterocycles. The van der Waals surface area contributed by atoms with Gasteiger partial charge in [0.05, 0.1) is 5.56 Å². The minimum atomic E-state index is -0.562. The van der Waals surface area contributed by atoms with Gasteiger partial charge in [0.15, 0.2) is 12.4 Å². The first-order valence-corrected chi connectivity index (χ1v) is 7.90. The third-order valence-corrected chi connectivity index (χ3v) is 3.42. The van der Waals surface area contributed by atoms with Crippen LogP contribution >= 0.6 is 0 Å². The third-order valence-electron chi connectivity index (χ3n) is 3.42. The van der Waals surface area contributed by atoms with Gasteiger partial charge >= 0.3 is 5.97 Å². The fourth-order valence-corrected chi connectivity index (χ4v) is 2.17. The van der Waals surface area contributed by atoms with Crippen LogP contribution in [0.5, 0.6) is 0 Å². The summed E-state index contributed by atoms with van der Waals surface area (Å²) >= 11 is 0. The second kappa shape index (κ2) is 8.23. The van der Waals surface area contributed by atoms with Crippen molar-refractivity contribution in [1.82, 2.24) is 15.0 Å². The minimum absolute atomic E-state index is 0.253. The molecule has 0 saturated carbocycles. The van der Waals surface area contributed by atoms with Gasteiger partial charge in [-0.15, -0.1) is 0 Å². The second-order valence-electron chi connectivity index (χ2n) is 5.67. The Balaban J connectivity index is 1.94. The van der Waals surface area contributed by atoms with Crippen LogP contribution in [0.2, 0.25) is 0 Å². The summed E-state index contributed by atoms with van der Waals surface area (Å²) < 4.78 is 10.2. The maximum atomic E-state index is 12.1. The number of hydrogen-bond donors (Lipinski definition) is 0. The van der Waals surface area contributed by atoms with Crippen LogP contribution in [-0.2, 0) is 9.53 Å². The largest absolute Gasteiger partial charge is 0.452 e. The Labute approximate surface area is 146 Å². The van der Waals surface area contributed by atoms with Crippen molar-refractivity contribution in [2.75, 3.05) is 19.7 Å². The van der Waals surface area contributed by atoms with E-state index >= 15 is 0 Å². The van der Waals surface area contributed by atoms with Gasteiger partial charge < -0.3 is 14.2 Å². The van der Waals surface area contributed by atoms with E-state index in [-0.39, 0.29) is 12.5 Å². The Morgan fingerprint density at radius 2 is 1.96 bits per heavy atom. The summed E-state index contributed by atoms with van der Waals surface area (Å²) in [5, 5.41) is 3.72. The maximum Gasteiger partial charge on any atom is 0.338 e. The van der Waals surface area contributed by atoms with Gasteiger partial charge in [-0.3, -0.25) is 4.79 Å². The maximum absolute atomic E-state index is 12.1. The summed E-state index contributed by atoms with van der Waals surface area (Å²) in [6.07, 6.45) is 0. The molecule has 2 aromatic rings. The average molecular weight is 343 g/mol. The number of likely N-dealkylation sites (N-methyl/N-ethyl adjacent to an activating group) is 1. The van der Waals surface area contributed by atoms with Gasteiger partial charge in [-0.2, -0.15) is 4.98 Å². The number of amides is 1. The van der Waals surface area contributed by atoms with Gasteiger partial charge in [-0.05, 0) is 45.0 Å². The van der Waals surface area contributed by atoms with E-state index in [1.54, 1.807) is 36.1 Å². The fraction of sp³-hybridized carbons (Fsp3) is 0.333. The first-order valence-electron chi connectivity index (χ1n) is 7.90. The highest BCUT2D eigenvalue weighted by Crippen LogP contribution is 2.18. The van der Waals surface area contributed by atoms with Crippen LogP contribution < -0.4 is 0 Å². The minimum Gasteiger partial charge on any atom is -0.452 e. The Kier molecular flexibility index (Phi) is 6.05. The summed E-state index contributed by atoms with van der Waals surface area (Å²) in [4.78, 5) is 29.8. The van der Waals surface area contributed by atoms with E-state index in [2.05, 4.69) is 16.7 Å². The van der Waals surface area contributed by atoms with Gasteiger partial charge in [-0.25, -0.2) is 4.79 Å². The highest BCUT2D eigenvalue weighted by Gasteiger charge is 2.16. The number of benzene rings is 1. The molecular formula is C18H21N3O4. The Hall–Kier alpha value is -2.96. The average Bonchev–Trinajstić information content (AvgIpc) is 3.03. The van der Waals surface area contributed by atoms with Crippen molar-refractivity contribution in [2.24, 2.45) is 0 Å². The molecule has 0 aliphatic carbocycles. The lowest BCUT2D eigenvalue weighted by molar-refractivity contribution is -0.133. The van der Waals surface area contributed by atoms with Crippen LogP contribution in [0.25, 0.3) is 11.5 Å². The standard InChI is InChI=1S/C18H21N3O4/c1-5-21(10-12(2)3)16(22)11-24-18(23)15-8-6-14(7-9-15)17-19-13(4)20-25-17/h6-9H,2,5,10-11H2,1,3-4H3. The van der Waals surface area contributed by atoms with Gasteiger partial charge in [0.2, 0.25) is 0 Å². The number of rotatable bonds is 7. The number of ether oxygens (including phenoxy) is 1. The summed E-state index contributed by atoms with van der Waals surface area (Å²) in [5.41, 5.74) is 1.91. The number of carbonyl (C=O) groups is 2. The van der Waals surface area contributed by atoms with Crippen molar-refractivity contribution in [3.05, 3.63) is 47.8 Å². The summed E-state index contributed by atoms with van der Waals surface area (Å²) in [5.74, 6) is 0.100. The summed E-state index contributed by atoms with van der Waals surface area (Å²) in [7, 11) is 0. The van der Waals surface area contributed by atoms with Crippen LogP contribution in [0.3, 0.4) is 0 Å².